The highest BCUT2D eigenvalue weighted by atomic mass is 16.5. The van der Waals surface area contributed by atoms with Gasteiger partial charge in [0, 0.05) is 38.1 Å². The molecule has 1 aromatic heterocycles. The summed E-state index contributed by atoms with van der Waals surface area (Å²) in [5.74, 6) is 3.10. The van der Waals surface area contributed by atoms with E-state index in [9.17, 15) is 0 Å². The Hall–Kier alpha value is -2.18. The van der Waals surface area contributed by atoms with Gasteiger partial charge in [-0.15, -0.1) is 0 Å². The summed E-state index contributed by atoms with van der Waals surface area (Å²) in [6.07, 6.45) is 9.51. The summed E-state index contributed by atoms with van der Waals surface area (Å²) in [5.41, 5.74) is 2.27. The molecule has 31 heavy (non-hydrogen) atoms. The van der Waals surface area contributed by atoms with E-state index in [1.54, 1.807) is 7.11 Å². The Morgan fingerprint density at radius 2 is 1.94 bits per heavy atom. The van der Waals surface area contributed by atoms with Gasteiger partial charge in [0.2, 0.25) is 0 Å². The Morgan fingerprint density at radius 1 is 1.10 bits per heavy atom. The molecule has 4 rings (SSSR count). The predicted octanol–water partition coefficient (Wildman–Crippen LogP) is 3.91. The van der Waals surface area contributed by atoms with Crippen molar-refractivity contribution in [2.75, 3.05) is 46.6 Å². The van der Waals surface area contributed by atoms with E-state index < -0.39 is 0 Å². The minimum absolute atomic E-state index is 0.665. The molecule has 2 fully saturated rings. The summed E-state index contributed by atoms with van der Waals surface area (Å²) in [5, 5.41) is 0. The fourth-order valence-corrected chi connectivity index (χ4v) is 4.49. The summed E-state index contributed by atoms with van der Waals surface area (Å²) in [6.45, 7) is 6.01. The first-order chi connectivity index (χ1) is 15.3. The van der Waals surface area contributed by atoms with Gasteiger partial charge >= 0.3 is 0 Å². The van der Waals surface area contributed by atoms with E-state index in [1.165, 1.54) is 25.9 Å². The molecule has 0 N–H and O–H groups in total. The molecule has 6 heteroatoms. The number of aromatic nitrogens is 2. The van der Waals surface area contributed by atoms with Gasteiger partial charge in [0.15, 0.2) is 11.5 Å². The predicted molar refractivity (Wildman–Crippen MR) is 121 cm³/mol. The van der Waals surface area contributed by atoms with Gasteiger partial charge in [-0.1, -0.05) is 6.07 Å². The Bertz CT molecular complexity index is 817. The van der Waals surface area contributed by atoms with Crippen molar-refractivity contribution in [2.45, 2.75) is 44.9 Å². The van der Waals surface area contributed by atoms with Gasteiger partial charge in [-0.2, -0.15) is 0 Å². The Labute approximate surface area is 185 Å². The van der Waals surface area contributed by atoms with E-state index in [0.29, 0.717) is 18.9 Å². The van der Waals surface area contributed by atoms with Crippen LogP contribution in [0.1, 0.15) is 49.2 Å². The number of nitrogens with zero attached hydrogens (tertiary/aromatic N) is 3. The lowest BCUT2D eigenvalue weighted by Gasteiger charge is -2.21. The van der Waals surface area contributed by atoms with Crippen LogP contribution in [0.2, 0.25) is 0 Å². The molecule has 2 aliphatic heterocycles. The van der Waals surface area contributed by atoms with Crippen LogP contribution in [0.4, 0.5) is 0 Å². The van der Waals surface area contributed by atoms with Gasteiger partial charge in [-0.3, -0.25) is 0 Å². The van der Waals surface area contributed by atoms with Crippen molar-refractivity contribution in [1.29, 1.82) is 0 Å². The second kappa shape index (κ2) is 11.4. The molecule has 168 valence electrons. The third-order valence-electron chi connectivity index (χ3n) is 6.27. The van der Waals surface area contributed by atoms with Crippen molar-refractivity contribution < 1.29 is 14.2 Å². The molecular weight excluding hydrogens is 390 g/mol. The van der Waals surface area contributed by atoms with E-state index in [0.717, 1.165) is 74.0 Å². The second-order valence-electron chi connectivity index (χ2n) is 8.64. The molecule has 3 heterocycles. The van der Waals surface area contributed by atoms with Crippen LogP contribution in [-0.2, 0) is 17.6 Å². The van der Waals surface area contributed by atoms with Crippen molar-refractivity contribution >= 4 is 0 Å². The Morgan fingerprint density at radius 3 is 2.74 bits per heavy atom. The molecule has 0 radical (unpaired) electrons. The monoisotopic (exact) mass is 425 g/mol. The summed E-state index contributed by atoms with van der Waals surface area (Å²) in [7, 11) is 1.69. The fraction of sp³-hybridized carbons (Fsp3) is 0.600. The van der Waals surface area contributed by atoms with Crippen molar-refractivity contribution in [3.05, 3.63) is 47.5 Å². The van der Waals surface area contributed by atoms with Crippen LogP contribution in [0.3, 0.4) is 0 Å². The first-order valence-corrected chi connectivity index (χ1v) is 11.7. The highest BCUT2D eigenvalue weighted by molar-refractivity contribution is 5.43. The highest BCUT2D eigenvalue weighted by Gasteiger charge is 2.16. The first kappa shape index (κ1) is 22.0. The molecule has 2 aromatic rings. The quantitative estimate of drug-likeness (QED) is 0.538. The summed E-state index contributed by atoms with van der Waals surface area (Å²) in [4.78, 5) is 11.8. The molecule has 0 amide bonds. The lowest BCUT2D eigenvalue weighted by atomic mass is 9.95. The van der Waals surface area contributed by atoms with Crippen LogP contribution >= 0.6 is 0 Å². The second-order valence-corrected chi connectivity index (χ2v) is 8.64. The molecule has 1 aromatic carbocycles. The minimum Gasteiger partial charge on any atom is -0.493 e. The number of benzene rings is 1. The van der Waals surface area contributed by atoms with Gasteiger partial charge in [-0.05, 0) is 81.3 Å². The molecule has 2 aliphatic rings. The van der Waals surface area contributed by atoms with Crippen molar-refractivity contribution in [2.24, 2.45) is 5.92 Å². The zero-order valence-electron chi connectivity index (χ0n) is 18.7. The van der Waals surface area contributed by atoms with Crippen LogP contribution in [-0.4, -0.2) is 61.4 Å². The number of hydrogen-bond acceptors (Lipinski definition) is 6. The number of methoxy groups -OCH3 is 1. The van der Waals surface area contributed by atoms with Gasteiger partial charge < -0.3 is 19.1 Å². The van der Waals surface area contributed by atoms with Crippen LogP contribution < -0.4 is 9.47 Å². The average Bonchev–Trinajstić information content (AvgIpc) is 3.31. The molecule has 6 nitrogen and oxygen atoms in total. The zero-order chi connectivity index (χ0) is 21.3. The van der Waals surface area contributed by atoms with Crippen molar-refractivity contribution in [3.8, 4) is 11.5 Å². The average molecular weight is 426 g/mol. The molecule has 0 saturated carbocycles. The van der Waals surface area contributed by atoms with E-state index in [4.69, 9.17) is 19.2 Å². The molecule has 0 bridgehead atoms. The lowest BCUT2D eigenvalue weighted by molar-refractivity contribution is 0.0662. The van der Waals surface area contributed by atoms with E-state index in [-0.39, 0.29) is 0 Å². The van der Waals surface area contributed by atoms with E-state index in [2.05, 4.69) is 22.0 Å². The van der Waals surface area contributed by atoms with Crippen LogP contribution in [0, 0.1) is 5.92 Å². The Kier molecular flexibility index (Phi) is 8.13. The smallest absolute Gasteiger partial charge is 0.161 e. The number of hydrogen-bond donors (Lipinski definition) is 0. The molecule has 0 spiro atoms. The normalized spacial score (nSPS) is 17.7. The van der Waals surface area contributed by atoms with Crippen LogP contribution in [0.15, 0.2) is 30.5 Å². The maximum absolute atomic E-state index is 6.09. The minimum atomic E-state index is 0.665. The maximum atomic E-state index is 6.09. The van der Waals surface area contributed by atoms with Gasteiger partial charge in [0.05, 0.1) is 13.7 Å². The van der Waals surface area contributed by atoms with Crippen molar-refractivity contribution in [3.63, 3.8) is 0 Å². The van der Waals surface area contributed by atoms with Crippen LogP contribution in [0.25, 0.3) is 0 Å². The molecule has 2 saturated heterocycles. The molecule has 0 aliphatic carbocycles. The lowest BCUT2D eigenvalue weighted by Crippen LogP contribution is -2.21. The van der Waals surface area contributed by atoms with Gasteiger partial charge in [-0.25, -0.2) is 9.97 Å². The third-order valence-corrected chi connectivity index (χ3v) is 6.27. The summed E-state index contributed by atoms with van der Waals surface area (Å²) < 4.78 is 17.1. The molecule has 0 atom stereocenters. The largest absolute Gasteiger partial charge is 0.493 e. The highest BCUT2D eigenvalue weighted by Crippen LogP contribution is 2.29. The maximum Gasteiger partial charge on any atom is 0.161 e. The summed E-state index contributed by atoms with van der Waals surface area (Å²) in [6, 6.07) is 8.17. The molecular formula is C25H35N3O3. The fourth-order valence-electron chi connectivity index (χ4n) is 4.49. The molecule has 0 unspecified atom stereocenters. The standard InChI is InChI=1S/C25H35N3O3/c1-29-23-6-5-21(18-24(23)31-14-4-13-28-11-2-3-12-28)19-25-26-10-7-22(27-25)17-20-8-15-30-16-9-20/h5-7,10,18,20H,2-4,8-9,11-17,19H2,1H3. The topological polar surface area (TPSA) is 56.7 Å². The van der Waals surface area contributed by atoms with E-state index >= 15 is 0 Å². The van der Waals surface area contributed by atoms with E-state index in [1.807, 2.05) is 18.3 Å². The number of likely N-dealkylation sites (tertiary alicyclic amines) is 1. The SMILES string of the molecule is COc1ccc(Cc2nccc(CC3CCOCC3)n2)cc1OCCCN1CCCC1. The van der Waals surface area contributed by atoms with Gasteiger partial charge in [0.25, 0.3) is 0 Å². The van der Waals surface area contributed by atoms with Gasteiger partial charge in [0.1, 0.15) is 5.82 Å². The number of ether oxygens (including phenoxy) is 3. The third kappa shape index (κ3) is 6.65. The Balaban J connectivity index is 1.34. The summed E-state index contributed by atoms with van der Waals surface area (Å²) >= 11 is 0. The zero-order valence-corrected chi connectivity index (χ0v) is 18.7. The van der Waals surface area contributed by atoms with Crippen LogP contribution in [0.5, 0.6) is 11.5 Å². The number of rotatable bonds is 10. The van der Waals surface area contributed by atoms with Crippen molar-refractivity contribution in [1.82, 2.24) is 14.9 Å². The first-order valence-electron chi connectivity index (χ1n) is 11.7.